The maximum atomic E-state index is 13.8. The average Bonchev–Trinajstić information content (AvgIpc) is 3.22. The van der Waals surface area contributed by atoms with Crippen LogP contribution in [-0.2, 0) is 11.6 Å². The standard InChI is InChI=1S/C22H16F3N3/c23-22(24,25)20-19(26-28-27-20)21(16-10-4-1-5-11-16,17-12-6-2-7-13-17)18-14-8-3-9-15-18/h1-15H,(H,26,27,28). The topological polar surface area (TPSA) is 41.6 Å². The molecule has 6 heteroatoms. The molecule has 1 aromatic heterocycles. The van der Waals surface area contributed by atoms with Crippen LogP contribution in [0.3, 0.4) is 0 Å². The van der Waals surface area contributed by atoms with Gasteiger partial charge in [-0.3, -0.25) is 0 Å². The lowest BCUT2D eigenvalue weighted by molar-refractivity contribution is -0.142. The fraction of sp³-hybridized carbons (Fsp3) is 0.0909. The largest absolute Gasteiger partial charge is 0.437 e. The van der Waals surface area contributed by atoms with E-state index in [1.807, 2.05) is 91.0 Å². The molecule has 0 saturated heterocycles. The highest BCUT2D eigenvalue weighted by Crippen LogP contribution is 2.47. The second-order valence-corrected chi connectivity index (χ2v) is 6.37. The van der Waals surface area contributed by atoms with Crippen molar-refractivity contribution < 1.29 is 13.2 Å². The van der Waals surface area contributed by atoms with Crippen molar-refractivity contribution in [3.8, 4) is 0 Å². The Hall–Kier alpha value is -3.41. The first-order valence-electron chi connectivity index (χ1n) is 8.69. The number of nitrogens with zero attached hydrogens (tertiary/aromatic N) is 2. The van der Waals surface area contributed by atoms with E-state index < -0.39 is 17.3 Å². The summed E-state index contributed by atoms with van der Waals surface area (Å²) in [4.78, 5) is 0. The van der Waals surface area contributed by atoms with Crippen molar-refractivity contribution in [3.05, 3.63) is 119 Å². The summed E-state index contributed by atoms with van der Waals surface area (Å²) in [5, 5.41) is 9.70. The summed E-state index contributed by atoms with van der Waals surface area (Å²) in [6.45, 7) is 0. The Morgan fingerprint density at radius 3 is 1.25 bits per heavy atom. The van der Waals surface area contributed by atoms with Gasteiger partial charge < -0.3 is 0 Å². The molecule has 0 radical (unpaired) electrons. The van der Waals surface area contributed by atoms with Crippen molar-refractivity contribution in [2.45, 2.75) is 11.6 Å². The Morgan fingerprint density at radius 1 is 0.536 bits per heavy atom. The average molecular weight is 379 g/mol. The van der Waals surface area contributed by atoms with Gasteiger partial charge in [0.25, 0.3) is 0 Å². The number of alkyl halides is 3. The third-order valence-corrected chi connectivity index (χ3v) is 4.79. The third-order valence-electron chi connectivity index (χ3n) is 4.79. The number of halogens is 3. The zero-order chi connectivity index (χ0) is 19.6. The zero-order valence-corrected chi connectivity index (χ0v) is 14.7. The molecule has 0 bridgehead atoms. The lowest BCUT2D eigenvalue weighted by Gasteiger charge is -2.35. The van der Waals surface area contributed by atoms with Crippen LogP contribution in [0.5, 0.6) is 0 Å². The molecule has 0 unspecified atom stereocenters. The minimum Gasteiger partial charge on any atom is -0.197 e. The monoisotopic (exact) mass is 379 g/mol. The zero-order valence-electron chi connectivity index (χ0n) is 14.7. The van der Waals surface area contributed by atoms with Gasteiger partial charge in [-0.15, -0.1) is 0 Å². The molecule has 28 heavy (non-hydrogen) atoms. The summed E-state index contributed by atoms with van der Waals surface area (Å²) < 4.78 is 41.5. The van der Waals surface area contributed by atoms with Gasteiger partial charge in [-0.25, -0.2) is 0 Å². The number of aromatic nitrogens is 3. The van der Waals surface area contributed by atoms with E-state index in [2.05, 4.69) is 15.4 Å². The molecular weight excluding hydrogens is 363 g/mol. The predicted molar refractivity (Wildman–Crippen MR) is 99.7 cm³/mol. The van der Waals surface area contributed by atoms with Crippen molar-refractivity contribution in [2.24, 2.45) is 0 Å². The second kappa shape index (κ2) is 6.96. The van der Waals surface area contributed by atoms with Crippen LogP contribution in [0.25, 0.3) is 0 Å². The number of H-pyrrole nitrogens is 1. The number of hydrogen-bond donors (Lipinski definition) is 1. The van der Waals surface area contributed by atoms with E-state index in [1.54, 1.807) is 0 Å². The minimum absolute atomic E-state index is 0.177. The Balaban J connectivity index is 2.17. The lowest BCUT2D eigenvalue weighted by Crippen LogP contribution is -2.34. The normalized spacial score (nSPS) is 12.1. The van der Waals surface area contributed by atoms with Crippen LogP contribution in [0.15, 0.2) is 91.0 Å². The van der Waals surface area contributed by atoms with Gasteiger partial charge in [0.2, 0.25) is 0 Å². The van der Waals surface area contributed by atoms with Crippen LogP contribution in [0.4, 0.5) is 13.2 Å². The molecule has 3 nitrogen and oxygen atoms in total. The SMILES string of the molecule is FC(F)(F)c1n[nH]nc1C(c1ccccc1)(c1ccccc1)c1ccccc1. The maximum absolute atomic E-state index is 13.8. The number of benzene rings is 3. The summed E-state index contributed by atoms with van der Waals surface area (Å²) >= 11 is 0. The molecule has 0 aliphatic heterocycles. The molecule has 0 atom stereocenters. The van der Waals surface area contributed by atoms with Gasteiger partial charge in [0.15, 0.2) is 5.69 Å². The van der Waals surface area contributed by atoms with E-state index >= 15 is 0 Å². The van der Waals surface area contributed by atoms with Crippen LogP contribution >= 0.6 is 0 Å². The van der Waals surface area contributed by atoms with Crippen molar-refractivity contribution in [1.29, 1.82) is 0 Å². The summed E-state index contributed by atoms with van der Waals surface area (Å²) in [6, 6.07) is 27.2. The van der Waals surface area contributed by atoms with Gasteiger partial charge in [0, 0.05) is 0 Å². The fourth-order valence-electron chi connectivity index (χ4n) is 3.66. The smallest absolute Gasteiger partial charge is 0.197 e. The van der Waals surface area contributed by atoms with Crippen LogP contribution < -0.4 is 0 Å². The molecule has 0 fully saturated rings. The second-order valence-electron chi connectivity index (χ2n) is 6.37. The summed E-state index contributed by atoms with van der Waals surface area (Å²) in [5.74, 6) is 0. The van der Waals surface area contributed by atoms with Gasteiger partial charge >= 0.3 is 6.18 Å². The molecule has 4 rings (SSSR count). The number of nitrogens with one attached hydrogen (secondary N) is 1. The minimum atomic E-state index is -4.65. The van der Waals surface area contributed by atoms with Crippen molar-refractivity contribution in [3.63, 3.8) is 0 Å². The molecule has 3 aromatic carbocycles. The molecule has 0 aliphatic carbocycles. The van der Waals surface area contributed by atoms with E-state index in [4.69, 9.17) is 0 Å². The van der Waals surface area contributed by atoms with Crippen molar-refractivity contribution >= 4 is 0 Å². The lowest BCUT2D eigenvalue weighted by atomic mass is 9.66. The number of aromatic amines is 1. The van der Waals surface area contributed by atoms with Gasteiger partial charge in [0.05, 0.1) is 5.41 Å². The molecule has 0 amide bonds. The first-order valence-corrected chi connectivity index (χ1v) is 8.69. The quantitative estimate of drug-likeness (QED) is 0.495. The van der Waals surface area contributed by atoms with E-state index in [9.17, 15) is 13.2 Å². The number of hydrogen-bond acceptors (Lipinski definition) is 2. The fourth-order valence-corrected chi connectivity index (χ4v) is 3.66. The van der Waals surface area contributed by atoms with Gasteiger partial charge in [-0.05, 0) is 16.7 Å². The summed E-state index contributed by atoms with van der Waals surface area (Å²) in [6.07, 6.45) is -4.65. The highest BCUT2D eigenvalue weighted by atomic mass is 19.4. The molecule has 4 aromatic rings. The molecule has 1 N–H and O–H groups in total. The maximum Gasteiger partial charge on any atom is 0.437 e. The summed E-state index contributed by atoms with van der Waals surface area (Å²) in [7, 11) is 0. The van der Waals surface area contributed by atoms with Gasteiger partial charge in [-0.2, -0.15) is 28.6 Å². The molecule has 140 valence electrons. The summed E-state index contributed by atoms with van der Waals surface area (Å²) in [5.41, 5.74) is -0.459. The van der Waals surface area contributed by atoms with Gasteiger partial charge in [0.1, 0.15) is 5.69 Å². The third kappa shape index (κ3) is 2.87. The Bertz CT molecular complexity index is 946. The Morgan fingerprint density at radius 2 is 0.893 bits per heavy atom. The molecule has 1 heterocycles. The first-order chi connectivity index (χ1) is 13.5. The molecule has 0 saturated carbocycles. The van der Waals surface area contributed by atoms with E-state index in [0.717, 1.165) is 0 Å². The number of rotatable bonds is 4. The van der Waals surface area contributed by atoms with Crippen LogP contribution in [0, 0.1) is 0 Å². The molecular formula is C22H16F3N3. The first kappa shape index (κ1) is 18.0. The van der Waals surface area contributed by atoms with Crippen molar-refractivity contribution in [2.75, 3.05) is 0 Å². The van der Waals surface area contributed by atoms with Crippen molar-refractivity contribution in [1.82, 2.24) is 15.4 Å². The highest BCUT2D eigenvalue weighted by Gasteiger charge is 2.48. The molecule has 0 aliphatic rings. The van der Waals surface area contributed by atoms with Gasteiger partial charge in [-0.1, -0.05) is 91.0 Å². The van der Waals surface area contributed by atoms with E-state index in [-0.39, 0.29) is 5.69 Å². The molecule has 0 spiro atoms. The van der Waals surface area contributed by atoms with E-state index in [0.29, 0.717) is 16.7 Å². The van der Waals surface area contributed by atoms with Crippen LogP contribution in [0.2, 0.25) is 0 Å². The Kier molecular flexibility index (Phi) is 4.47. The van der Waals surface area contributed by atoms with Crippen LogP contribution in [0.1, 0.15) is 28.1 Å². The Labute approximate surface area is 159 Å². The predicted octanol–water partition coefficient (Wildman–Crippen LogP) is 5.21. The highest BCUT2D eigenvalue weighted by molar-refractivity contribution is 5.58. The van der Waals surface area contributed by atoms with E-state index in [1.165, 1.54) is 0 Å². The van der Waals surface area contributed by atoms with Crippen LogP contribution in [-0.4, -0.2) is 15.4 Å².